The fraction of sp³-hybridized carbons (Fsp3) is 0.487. The normalized spacial score (nSPS) is 18.5. The number of ether oxygens (including phenoxy) is 4. The lowest BCUT2D eigenvalue weighted by atomic mass is 9.76. The highest BCUT2D eigenvalue weighted by Gasteiger charge is 2.42. The number of para-hydroxylation sites is 2. The summed E-state index contributed by atoms with van der Waals surface area (Å²) in [6, 6.07) is 22.7. The maximum Gasteiger partial charge on any atom is 0.254 e. The fourth-order valence-electron chi connectivity index (χ4n) is 7.50. The number of hydrogen-bond donors (Lipinski definition) is 0. The Morgan fingerprint density at radius 2 is 1.59 bits per heavy atom. The minimum Gasteiger partial charge on any atom is -0.493 e. The predicted octanol–water partition coefficient (Wildman–Crippen LogP) is 5.88. The van der Waals surface area contributed by atoms with E-state index in [2.05, 4.69) is 75.9 Å². The van der Waals surface area contributed by atoms with Crippen molar-refractivity contribution in [3.63, 3.8) is 0 Å². The third kappa shape index (κ3) is 7.50. The molecule has 2 aliphatic heterocycles. The highest BCUT2D eigenvalue weighted by molar-refractivity contribution is 5.96. The summed E-state index contributed by atoms with van der Waals surface area (Å²) in [5.74, 6) is 2.46. The topological polar surface area (TPSA) is 81.5 Å². The number of likely N-dealkylation sites (tertiary alicyclic amines) is 1. The van der Waals surface area contributed by atoms with Crippen LogP contribution in [0.1, 0.15) is 48.5 Å². The van der Waals surface area contributed by atoms with E-state index in [4.69, 9.17) is 23.9 Å². The Morgan fingerprint density at radius 1 is 0.837 bits per heavy atom. The van der Waals surface area contributed by atoms with Gasteiger partial charge in [-0.15, -0.1) is 0 Å². The molecule has 49 heavy (non-hydrogen) atoms. The van der Waals surface area contributed by atoms with E-state index < -0.39 is 0 Å². The van der Waals surface area contributed by atoms with E-state index in [9.17, 15) is 4.79 Å². The number of rotatable bonds is 14. The summed E-state index contributed by atoms with van der Waals surface area (Å²) in [5, 5.41) is 0. The quantitative estimate of drug-likeness (QED) is 0.154. The molecule has 6 rings (SSSR count). The van der Waals surface area contributed by atoms with Crippen LogP contribution in [0.5, 0.6) is 17.2 Å². The molecule has 262 valence electrons. The number of aromatic nitrogens is 2. The van der Waals surface area contributed by atoms with Gasteiger partial charge in [0.15, 0.2) is 11.5 Å². The lowest BCUT2D eigenvalue weighted by molar-refractivity contribution is 0.0780. The first-order valence-corrected chi connectivity index (χ1v) is 17.7. The molecule has 1 amide bonds. The van der Waals surface area contributed by atoms with Crippen molar-refractivity contribution in [1.29, 1.82) is 0 Å². The van der Waals surface area contributed by atoms with Crippen LogP contribution in [0.4, 0.5) is 5.95 Å². The SMILES string of the molecule is CCCOCCn1c(N2CCCN(CCC3(c4ccccc4)CCN(C(=O)c4cc(OC)c(OC)c(OC)c4)C3)CC2)nc2ccccc21. The second kappa shape index (κ2) is 16.0. The van der Waals surface area contributed by atoms with Gasteiger partial charge in [-0.05, 0) is 68.6 Å². The second-order valence-electron chi connectivity index (χ2n) is 13.1. The maximum absolute atomic E-state index is 14.0. The van der Waals surface area contributed by atoms with Gasteiger partial charge in [0, 0.05) is 56.9 Å². The molecule has 2 saturated heterocycles. The van der Waals surface area contributed by atoms with Gasteiger partial charge in [0.05, 0.1) is 39.0 Å². The molecule has 4 aromatic rings. The molecular weight excluding hydrogens is 618 g/mol. The van der Waals surface area contributed by atoms with E-state index in [0.717, 1.165) is 88.5 Å². The molecule has 2 aliphatic rings. The molecule has 3 aromatic carbocycles. The summed E-state index contributed by atoms with van der Waals surface area (Å²) in [6.45, 7) is 10.6. The van der Waals surface area contributed by atoms with E-state index in [1.165, 1.54) is 5.56 Å². The smallest absolute Gasteiger partial charge is 0.254 e. The van der Waals surface area contributed by atoms with Crippen LogP contribution in [0, 0.1) is 0 Å². The summed E-state index contributed by atoms with van der Waals surface area (Å²) < 4.78 is 24.8. The van der Waals surface area contributed by atoms with Crippen molar-refractivity contribution in [3.8, 4) is 17.2 Å². The van der Waals surface area contributed by atoms with E-state index in [1.54, 1.807) is 33.5 Å². The minimum absolute atomic E-state index is 0.0227. The van der Waals surface area contributed by atoms with E-state index >= 15 is 0 Å². The molecule has 1 atom stereocenters. The molecule has 1 aromatic heterocycles. The van der Waals surface area contributed by atoms with Gasteiger partial charge in [0.1, 0.15) is 0 Å². The number of fused-ring (bicyclic) bond motifs is 1. The number of benzene rings is 3. The zero-order valence-electron chi connectivity index (χ0n) is 29.5. The van der Waals surface area contributed by atoms with Crippen LogP contribution in [0.25, 0.3) is 11.0 Å². The van der Waals surface area contributed by atoms with Crippen molar-refractivity contribution in [1.82, 2.24) is 19.4 Å². The molecule has 2 fully saturated rings. The van der Waals surface area contributed by atoms with Crippen molar-refractivity contribution >= 4 is 22.9 Å². The Kier molecular flexibility index (Phi) is 11.3. The first-order valence-electron chi connectivity index (χ1n) is 17.7. The maximum atomic E-state index is 14.0. The molecule has 0 aliphatic carbocycles. The average molecular weight is 670 g/mol. The monoisotopic (exact) mass is 669 g/mol. The van der Waals surface area contributed by atoms with Gasteiger partial charge >= 0.3 is 0 Å². The summed E-state index contributed by atoms with van der Waals surface area (Å²) in [6.07, 6.45) is 3.98. The van der Waals surface area contributed by atoms with Crippen molar-refractivity contribution in [2.24, 2.45) is 0 Å². The Morgan fingerprint density at radius 3 is 2.33 bits per heavy atom. The first-order chi connectivity index (χ1) is 24.0. The number of carbonyl (C=O) groups excluding carboxylic acids is 1. The van der Waals surface area contributed by atoms with Crippen LogP contribution in [0.2, 0.25) is 0 Å². The van der Waals surface area contributed by atoms with Gasteiger partial charge in [-0.2, -0.15) is 0 Å². The zero-order chi connectivity index (χ0) is 34.2. The molecule has 0 saturated carbocycles. The molecule has 0 radical (unpaired) electrons. The van der Waals surface area contributed by atoms with Crippen molar-refractivity contribution in [3.05, 3.63) is 77.9 Å². The third-order valence-electron chi connectivity index (χ3n) is 10.2. The summed E-state index contributed by atoms with van der Waals surface area (Å²) in [5.41, 5.74) is 3.90. The molecule has 1 unspecified atom stereocenters. The van der Waals surface area contributed by atoms with Gasteiger partial charge in [0.25, 0.3) is 5.91 Å². The van der Waals surface area contributed by atoms with Crippen LogP contribution >= 0.6 is 0 Å². The highest BCUT2D eigenvalue weighted by atomic mass is 16.5. The summed E-state index contributed by atoms with van der Waals surface area (Å²) >= 11 is 0. The summed E-state index contributed by atoms with van der Waals surface area (Å²) in [7, 11) is 4.72. The molecule has 10 nitrogen and oxygen atoms in total. The number of hydrogen-bond acceptors (Lipinski definition) is 8. The number of carbonyl (C=O) groups is 1. The van der Waals surface area contributed by atoms with Gasteiger partial charge in [0.2, 0.25) is 11.7 Å². The van der Waals surface area contributed by atoms with E-state index in [-0.39, 0.29) is 11.3 Å². The predicted molar refractivity (Wildman–Crippen MR) is 193 cm³/mol. The fourth-order valence-corrected chi connectivity index (χ4v) is 7.50. The molecular formula is C39H51N5O5. The molecule has 0 bridgehead atoms. The lowest BCUT2D eigenvalue weighted by Gasteiger charge is -2.33. The Labute approximate surface area is 290 Å². The van der Waals surface area contributed by atoms with Crippen LogP contribution in [0.15, 0.2) is 66.7 Å². The van der Waals surface area contributed by atoms with Gasteiger partial charge in [-0.25, -0.2) is 4.98 Å². The standard InChI is InChI=1S/C39H51N5O5/c1-5-25-49-26-24-44-33-15-10-9-14-32(33)40-38(44)42-19-11-18-41(22-23-42)20-16-39(31-12-7-6-8-13-31)17-21-43(29-39)37(45)30-27-34(46-2)36(48-4)35(28-30)47-3/h6-10,12-15,27-28H,5,11,16-26,29H2,1-4H3. The Hall–Kier alpha value is -4.28. The number of imidazole rings is 1. The highest BCUT2D eigenvalue weighted by Crippen LogP contribution is 2.41. The van der Waals surface area contributed by atoms with Crippen LogP contribution in [-0.2, 0) is 16.7 Å². The van der Waals surface area contributed by atoms with Crippen LogP contribution in [0.3, 0.4) is 0 Å². The van der Waals surface area contributed by atoms with Crippen LogP contribution in [-0.4, -0.2) is 106 Å². The minimum atomic E-state index is -0.129. The largest absolute Gasteiger partial charge is 0.493 e. The van der Waals surface area contributed by atoms with E-state index in [0.29, 0.717) is 42.5 Å². The zero-order valence-corrected chi connectivity index (χ0v) is 29.5. The van der Waals surface area contributed by atoms with Gasteiger partial charge in [-0.1, -0.05) is 49.4 Å². The number of anilines is 1. The van der Waals surface area contributed by atoms with Crippen molar-refractivity contribution < 1.29 is 23.7 Å². The molecule has 0 spiro atoms. The lowest BCUT2D eigenvalue weighted by Crippen LogP contribution is -2.39. The van der Waals surface area contributed by atoms with Gasteiger partial charge in [-0.3, -0.25) is 4.79 Å². The van der Waals surface area contributed by atoms with Crippen LogP contribution < -0.4 is 19.1 Å². The number of nitrogens with zero attached hydrogens (tertiary/aromatic N) is 5. The number of amides is 1. The molecule has 0 N–H and O–H groups in total. The van der Waals surface area contributed by atoms with Crippen molar-refractivity contribution in [2.75, 3.05) is 85.3 Å². The number of methoxy groups -OCH3 is 3. The molecule has 3 heterocycles. The molecule has 10 heteroatoms. The van der Waals surface area contributed by atoms with Crippen molar-refractivity contribution in [2.45, 2.75) is 44.6 Å². The first kappa shape index (κ1) is 34.6. The average Bonchev–Trinajstić information content (AvgIpc) is 3.67. The third-order valence-corrected chi connectivity index (χ3v) is 10.2. The second-order valence-corrected chi connectivity index (χ2v) is 13.1. The Bertz CT molecular complexity index is 1670. The summed E-state index contributed by atoms with van der Waals surface area (Å²) in [4.78, 5) is 26.1. The Balaban J connectivity index is 1.15. The van der Waals surface area contributed by atoms with E-state index in [1.807, 2.05) is 4.90 Å². The van der Waals surface area contributed by atoms with Gasteiger partial charge < -0.3 is 38.2 Å².